The number of hydrogen-bond acceptors (Lipinski definition) is 4. The molecule has 1 amide bonds. The van der Waals surface area contributed by atoms with Gasteiger partial charge in [0.15, 0.2) is 0 Å². The fourth-order valence-corrected chi connectivity index (χ4v) is 2.76. The second-order valence-corrected chi connectivity index (χ2v) is 6.19. The lowest BCUT2D eigenvalue weighted by Crippen LogP contribution is -2.62. The summed E-state index contributed by atoms with van der Waals surface area (Å²) >= 11 is 0. The van der Waals surface area contributed by atoms with E-state index in [1.807, 2.05) is 45.2 Å². The summed E-state index contributed by atoms with van der Waals surface area (Å²) in [7, 11) is 1.82. The van der Waals surface area contributed by atoms with Crippen LogP contribution in [0.1, 0.15) is 31.1 Å². The van der Waals surface area contributed by atoms with Crippen LogP contribution in [0.4, 0.5) is 0 Å². The van der Waals surface area contributed by atoms with Crippen LogP contribution in [0.2, 0.25) is 0 Å². The van der Waals surface area contributed by atoms with Crippen LogP contribution in [-0.2, 0) is 11.3 Å². The summed E-state index contributed by atoms with van der Waals surface area (Å²) in [4.78, 5) is 16.0. The van der Waals surface area contributed by atoms with E-state index >= 15 is 0 Å². The summed E-state index contributed by atoms with van der Waals surface area (Å²) in [6, 6.07) is 7.66. The van der Waals surface area contributed by atoms with Gasteiger partial charge in [0.2, 0.25) is 5.91 Å². The Labute approximate surface area is 126 Å². The van der Waals surface area contributed by atoms with Gasteiger partial charge in [-0.25, -0.2) is 0 Å². The number of carbonyl (C=O) groups is 1. The third-order valence-electron chi connectivity index (χ3n) is 4.36. The highest BCUT2D eigenvalue weighted by atomic mass is 16.3. The molecule has 1 atom stereocenters. The van der Waals surface area contributed by atoms with Crippen LogP contribution < -0.4 is 5.73 Å². The van der Waals surface area contributed by atoms with Crippen LogP contribution in [0.15, 0.2) is 24.3 Å². The number of piperazine rings is 1. The van der Waals surface area contributed by atoms with Gasteiger partial charge in [0.1, 0.15) is 0 Å². The molecule has 0 aromatic heterocycles. The lowest BCUT2D eigenvalue weighted by atomic mass is 9.96. The lowest BCUT2D eigenvalue weighted by Gasteiger charge is -2.45. The van der Waals surface area contributed by atoms with Crippen molar-refractivity contribution in [3.8, 4) is 0 Å². The molecule has 3 N–H and O–H groups in total. The molecule has 0 bridgehead atoms. The Hall–Kier alpha value is -1.43. The molecule has 1 saturated heterocycles. The van der Waals surface area contributed by atoms with Crippen LogP contribution in [0, 0.1) is 0 Å². The van der Waals surface area contributed by atoms with Crippen molar-refractivity contribution >= 4 is 5.91 Å². The van der Waals surface area contributed by atoms with Crippen LogP contribution in [-0.4, -0.2) is 53.0 Å². The second-order valence-electron chi connectivity index (χ2n) is 6.19. The summed E-state index contributed by atoms with van der Waals surface area (Å²) in [5, 5.41) is 10.4. The van der Waals surface area contributed by atoms with Crippen molar-refractivity contribution in [3.05, 3.63) is 35.4 Å². The van der Waals surface area contributed by atoms with Crippen LogP contribution >= 0.6 is 0 Å². The van der Waals surface area contributed by atoms with Crippen molar-refractivity contribution < 1.29 is 9.90 Å². The minimum atomic E-state index is -0.604. The first-order valence-corrected chi connectivity index (χ1v) is 7.34. The van der Waals surface area contributed by atoms with E-state index in [-0.39, 0.29) is 5.91 Å². The van der Waals surface area contributed by atoms with Gasteiger partial charge in [0, 0.05) is 33.2 Å². The Kier molecular flexibility index (Phi) is 4.66. The molecule has 21 heavy (non-hydrogen) atoms. The first-order valence-electron chi connectivity index (χ1n) is 7.34. The molecule has 1 heterocycles. The van der Waals surface area contributed by atoms with Crippen LogP contribution in [0.3, 0.4) is 0 Å². The highest BCUT2D eigenvalue weighted by molar-refractivity contribution is 5.86. The molecule has 0 radical (unpaired) electrons. The summed E-state index contributed by atoms with van der Waals surface area (Å²) in [5.41, 5.74) is 6.90. The Morgan fingerprint density at radius 1 is 1.29 bits per heavy atom. The molecule has 2 rings (SSSR count). The lowest BCUT2D eigenvalue weighted by molar-refractivity contribution is -0.148. The monoisotopic (exact) mass is 291 g/mol. The van der Waals surface area contributed by atoms with E-state index in [1.54, 1.807) is 4.90 Å². The predicted molar refractivity (Wildman–Crippen MR) is 82.6 cm³/mol. The van der Waals surface area contributed by atoms with Crippen molar-refractivity contribution in [2.45, 2.75) is 32.0 Å². The van der Waals surface area contributed by atoms with Crippen LogP contribution in [0.25, 0.3) is 0 Å². The van der Waals surface area contributed by atoms with E-state index in [0.29, 0.717) is 19.6 Å². The van der Waals surface area contributed by atoms with Crippen LogP contribution in [0.5, 0.6) is 0 Å². The normalized spacial score (nSPS) is 20.6. The van der Waals surface area contributed by atoms with Gasteiger partial charge in [-0.1, -0.05) is 24.3 Å². The van der Waals surface area contributed by atoms with Gasteiger partial charge in [-0.2, -0.15) is 0 Å². The molecule has 5 nitrogen and oxygen atoms in total. The quantitative estimate of drug-likeness (QED) is 0.858. The molecule has 116 valence electrons. The van der Waals surface area contributed by atoms with Gasteiger partial charge in [-0.05, 0) is 25.0 Å². The average molecular weight is 291 g/mol. The number of likely N-dealkylation sites (N-methyl/N-ethyl adjacent to an activating group) is 1. The molecule has 1 aromatic carbocycles. The van der Waals surface area contributed by atoms with Crippen molar-refractivity contribution in [1.82, 2.24) is 9.80 Å². The third-order valence-corrected chi connectivity index (χ3v) is 4.36. The first kappa shape index (κ1) is 15.9. The number of rotatable bonds is 4. The smallest absolute Gasteiger partial charge is 0.242 e. The second kappa shape index (κ2) is 6.13. The molecular formula is C16H25N3O2. The standard InChI is InChI=1S/C16H25N3O2/c1-16(2)15(21)18(3)8-9-19(16)11-14(20)13-6-4-12(10-17)5-7-13/h4-7,14,20H,8-11,17H2,1-3H3. The minimum absolute atomic E-state index is 0.0967. The molecular weight excluding hydrogens is 266 g/mol. The Morgan fingerprint density at radius 3 is 2.48 bits per heavy atom. The maximum atomic E-state index is 12.2. The van der Waals surface area contributed by atoms with E-state index in [9.17, 15) is 9.90 Å². The number of aliphatic hydroxyl groups is 1. The van der Waals surface area contributed by atoms with E-state index in [2.05, 4.69) is 4.90 Å². The van der Waals surface area contributed by atoms with Crippen molar-refractivity contribution in [3.63, 3.8) is 0 Å². The summed E-state index contributed by atoms with van der Waals surface area (Å²) < 4.78 is 0. The Morgan fingerprint density at radius 2 is 1.90 bits per heavy atom. The molecule has 1 aliphatic rings. The minimum Gasteiger partial charge on any atom is -0.387 e. The van der Waals surface area contributed by atoms with E-state index in [1.165, 1.54) is 0 Å². The highest BCUT2D eigenvalue weighted by Gasteiger charge is 2.40. The predicted octanol–water partition coefficient (Wildman–Crippen LogP) is 0.731. The first-order chi connectivity index (χ1) is 9.86. The fraction of sp³-hybridized carbons (Fsp3) is 0.562. The number of nitrogens with zero attached hydrogens (tertiary/aromatic N) is 2. The number of amides is 1. The van der Waals surface area contributed by atoms with E-state index in [0.717, 1.165) is 17.7 Å². The van der Waals surface area contributed by atoms with E-state index in [4.69, 9.17) is 5.73 Å². The largest absolute Gasteiger partial charge is 0.387 e. The van der Waals surface area contributed by atoms with Gasteiger partial charge in [0.05, 0.1) is 11.6 Å². The van der Waals surface area contributed by atoms with Gasteiger partial charge < -0.3 is 15.7 Å². The fourth-order valence-electron chi connectivity index (χ4n) is 2.76. The topological polar surface area (TPSA) is 69.8 Å². The summed E-state index contributed by atoms with van der Waals surface area (Å²) in [5.74, 6) is 0.0967. The Bertz CT molecular complexity index is 499. The SMILES string of the molecule is CN1CCN(CC(O)c2ccc(CN)cc2)C(C)(C)C1=O. The summed E-state index contributed by atoms with van der Waals surface area (Å²) in [6.45, 7) is 6.24. The van der Waals surface area contributed by atoms with Gasteiger partial charge >= 0.3 is 0 Å². The molecule has 0 aliphatic carbocycles. The third kappa shape index (κ3) is 3.26. The Balaban J connectivity index is 2.07. The zero-order valence-corrected chi connectivity index (χ0v) is 13.0. The molecule has 1 fully saturated rings. The van der Waals surface area contributed by atoms with Crippen molar-refractivity contribution in [2.24, 2.45) is 5.73 Å². The zero-order valence-electron chi connectivity index (χ0n) is 13.0. The van der Waals surface area contributed by atoms with Gasteiger partial charge in [-0.3, -0.25) is 9.69 Å². The molecule has 0 spiro atoms. The number of benzene rings is 1. The maximum absolute atomic E-state index is 12.2. The molecule has 0 saturated carbocycles. The van der Waals surface area contributed by atoms with Crippen molar-refractivity contribution in [1.29, 1.82) is 0 Å². The maximum Gasteiger partial charge on any atom is 0.242 e. The molecule has 1 unspecified atom stereocenters. The van der Waals surface area contributed by atoms with Crippen molar-refractivity contribution in [2.75, 3.05) is 26.7 Å². The number of hydrogen-bond donors (Lipinski definition) is 2. The number of nitrogens with two attached hydrogens (primary N) is 1. The van der Waals surface area contributed by atoms with Gasteiger partial charge in [-0.15, -0.1) is 0 Å². The number of aliphatic hydroxyl groups excluding tert-OH is 1. The number of β-amino-alcohol motifs (C(OH)–C–C–N with tert-alkyl or cyclic N) is 1. The van der Waals surface area contributed by atoms with E-state index < -0.39 is 11.6 Å². The highest BCUT2D eigenvalue weighted by Crippen LogP contribution is 2.25. The zero-order chi connectivity index (χ0) is 15.6. The van der Waals surface area contributed by atoms with Gasteiger partial charge in [0.25, 0.3) is 0 Å². The average Bonchev–Trinajstić information content (AvgIpc) is 2.48. The molecule has 1 aliphatic heterocycles. The number of carbonyl (C=O) groups excluding carboxylic acids is 1. The molecule has 5 heteroatoms. The molecule has 1 aromatic rings. The summed E-state index contributed by atoms with van der Waals surface area (Å²) in [6.07, 6.45) is -0.604.